The second-order valence-electron chi connectivity index (χ2n) is 4.77. The van der Waals surface area contributed by atoms with Crippen LogP contribution < -0.4 is 0 Å². The van der Waals surface area contributed by atoms with Gasteiger partial charge < -0.3 is 4.42 Å². The van der Waals surface area contributed by atoms with Crippen LogP contribution in [0.2, 0.25) is 0 Å². The Morgan fingerprint density at radius 1 is 0.909 bits per heavy atom. The second-order valence-corrected chi connectivity index (χ2v) is 5.69. The molecule has 22 heavy (non-hydrogen) atoms. The maximum absolute atomic E-state index is 12.1. The van der Waals surface area contributed by atoms with Gasteiger partial charge in [0, 0.05) is 15.6 Å². The summed E-state index contributed by atoms with van der Waals surface area (Å²) in [5.74, 6) is 1.39. The van der Waals surface area contributed by atoms with E-state index in [9.17, 15) is 4.79 Å². The SMILES string of the molecule is O=C(C=Cc1ccc(-c2ccccc2)o1)c1ccc(Br)cc1. The first kappa shape index (κ1) is 14.5. The van der Waals surface area contributed by atoms with E-state index in [-0.39, 0.29) is 5.78 Å². The first-order chi connectivity index (χ1) is 10.7. The molecule has 0 aliphatic heterocycles. The zero-order valence-corrected chi connectivity index (χ0v) is 13.3. The maximum atomic E-state index is 12.1. The zero-order chi connectivity index (χ0) is 15.4. The van der Waals surface area contributed by atoms with Crippen LogP contribution in [0.3, 0.4) is 0 Å². The van der Waals surface area contributed by atoms with Gasteiger partial charge in [-0.05, 0) is 48.6 Å². The normalized spacial score (nSPS) is 11.0. The van der Waals surface area contributed by atoms with E-state index in [1.54, 1.807) is 18.2 Å². The molecule has 108 valence electrons. The third-order valence-electron chi connectivity index (χ3n) is 3.21. The van der Waals surface area contributed by atoms with E-state index in [0.29, 0.717) is 11.3 Å². The fourth-order valence-electron chi connectivity index (χ4n) is 2.07. The van der Waals surface area contributed by atoms with Crippen LogP contribution in [0.25, 0.3) is 17.4 Å². The van der Waals surface area contributed by atoms with Gasteiger partial charge in [0.15, 0.2) is 5.78 Å². The molecular weight excluding hydrogens is 340 g/mol. The molecule has 0 spiro atoms. The molecule has 0 saturated carbocycles. The van der Waals surface area contributed by atoms with E-state index >= 15 is 0 Å². The number of allylic oxidation sites excluding steroid dienone is 1. The molecule has 2 nitrogen and oxygen atoms in total. The Morgan fingerprint density at radius 3 is 2.36 bits per heavy atom. The number of ketones is 1. The average molecular weight is 353 g/mol. The molecule has 1 heterocycles. The van der Waals surface area contributed by atoms with Crippen LogP contribution in [-0.2, 0) is 0 Å². The molecule has 3 heteroatoms. The molecule has 3 rings (SSSR count). The lowest BCUT2D eigenvalue weighted by Crippen LogP contribution is -1.92. The Balaban J connectivity index is 1.75. The fourth-order valence-corrected chi connectivity index (χ4v) is 2.33. The first-order valence-corrected chi connectivity index (χ1v) is 7.65. The molecular formula is C19H13BrO2. The van der Waals surface area contributed by atoms with Crippen LogP contribution >= 0.6 is 15.9 Å². The molecule has 0 atom stereocenters. The van der Waals surface area contributed by atoms with Crippen molar-refractivity contribution in [2.75, 3.05) is 0 Å². The molecule has 3 aromatic rings. The standard InChI is InChI=1S/C19H13BrO2/c20-16-8-6-14(7-9-16)18(21)12-10-17-11-13-19(22-17)15-4-2-1-3-5-15/h1-13H. The van der Waals surface area contributed by atoms with Crippen molar-refractivity contribution in [3.63, 3.8) is 0 Å². The minimum absolute atomic E-state index is 0.0508. The van der Waals surface area contributed by atoms with Crippen molar-refractivity contribution in [1.82, 2.24) is 0 Å². The average Bonchev–Trinajstić information content (AvgIpc) is 3.03. The van der Waals surface area contributed by atoms with Crippen LogP contribution in [0.5, 0.6) is 0 Å². The third kappa shape index (κ3) is 3.43. The highest BCUT2D eigenvalue weighted by molar-refractivity contribution is 9.10. The summed E-state index contributed by atoms with van der Waals surface area (Å²) in [6.07, 6.45) is 3.22. The van der Waals surface area contributed by atoms with Gasteiger partial charge in [0.2, 0.25) is 0 Å². The second kappa shape index (κ2) is 6.58. The summed E-state index contributed by atoms with van der Waals surface area (Å²) in [5.41, 5.74) is 1.66. The van der Waals surface area contributed by atoms with Gasteiger partial charge in [-0.1, -0.05) is 46.3 Å². The highest BCUT2D eigenvalue weighted by Gasteiger charge is 2.04. The molecule has 1 aromatic heterocycles. The molecule has 2 aromatic carbocycles. The van der Waals surface area contributed by atoms with Gasteiger partial charge in [0.25, 0.3) is 0 Å². The first-order valence-electron chi connectivity index (χ1n) is 6.85. The van der Waals surface area contributed by atoms with Gasteiger partial charge in [0.1, 0.15) is 11.5 Å². The number of benzene rings is 2. The number of rotatable bonds is 4. The van der Waals surface area contributed by atoms with E-state index < -0.39 is 0 Å². The van der Waals surface area contributed by atoms with Crippen molar-refractivity contribution in [3.05, 3.63) is 88.6 Å². The quantitative estimate of drug-likeness (QED) is 0.451. The predicted molar refractivity (Wildman–Crippen MR) is 91.7 cm³/mol. The van der Waals surface area contributed by atoms with Gasteiger partial charge in [0.05, 0.1) is 0 Å². The summed E-state index contributed by atoms with van der Waals surface area (Å²) < 4.78 is 6.68. The van der Waals surface area contributed by atoms with E-state index in [0.717, 1.165) is 15.8 Å². The molecule has 0 saturated heterocycles. The number of furan rings is 1. The minimum Gasteiger partial charge on any atom is -0.457 e. The van der Waals surface area contributed by atoms with Crippen molar-refractivity contribution in [1.29, 1.82) is 0 Å². The summed E-state index contributed by atoms with van der Waals surface area (Å²) >= 11 is 3.35. The zero-order valence-electron chi connectivity index (χ0n) is 11.7. The smallest absolute Gasteiger partial charge is 0.185 e. The van der Waals surface area contributed by atoms with Crippen molar-refractivity contribution < 1.29 is 9.21 Å². The fraction of sp³-hybridized carbons (Fsp3) is 0. The van der Waals surface area contributed by atoms with E-state index in [4.69, 9.17) is 4.42 Å². The Morgan fingerprint density at radius 2 is 1.64 bits per heavy atom. The Labute approximate surface area is 137 Å². The lowest BCUT2D eigenvalue weighted by molar-refractivity contribution is 0.104. The van der Waals surface area contributed by atoms with E-state index in [1.165, 1.54) is 6.08 Å². The lowest BCUT2D eigenvalue weighted by Gasteiger charge is -1.96. The largest absolute Gasteiger partial charge is 0.457 e. The summed E-state index contributed by atoms with van der Waals surface area (Å²) in [6, 6.07) is 20.9. The van der Waals surface area contributed by atoms with Gasteiger partial charge in [-0.3, -0.25) is 4.79 Å². The highest BCUT2D eigenvalue weighted by atomic mass is 79.9. The van der Waals surface area contributed by atoms with Crippen molar-refractivity contribution in [2.24, 2.45) is 0 Å². The molecule has 0 N–H and O–H groups in total. The molecule has 0 fully saturated rings. The predicted octanol–water partition coefficient (Wildman–Crippen LogP) is 5.61. The van der Waals surface area contributed by atoms with Crippen LogP contribution in [0.1, 0.15) is 16.1 Å². The number of hydrogen-bond donors (Lipinski definition) is 0. The molecule has 0 aliphatic carbocycles. The van der Waals surface area contributed by atoms with Crippen molar-refractivity contribution >= 4 is 27.8 Å². The number of halogens is 1. The van der Waals surface area contributed by atoms with E-state index in [2.05, 4.69) is 15.9 Å². The van der Waals surface area contributed by atoms with Crippen LogP contribution in [0.15, 0.2) is 81.7 Å². The number of carbonyl (C=O) groups is 1. The molecule has 0 bridgehead atoms. The van der Waals surface area contributed by atoms with Crippen molar-refractivity contribution in [3.8, 4) is 11.3 Å². The number of carbonyl (C=O) groups excluding carboxylic acids is 1. The van der Waals surface area contributed by atoms with Gasteiger partial charge in [-0.25, -0.2) is 0 Å². The van der Waals surface area contributed by atoms with E-state index in [1.807, 2.05) is 54.6 Å². The van der Waals surface area contributed by atoms with Gasteiger partial charge in [-0.15, -0.1) is 0 Å². The van der Waals surface area contributed by atoms with Gasteiger partial charge >= 0.3 is 0 Å². The minimum atomic E-state index is -0.0508. The highest BCUT2D eigenvalue weighted by Crippen LogP contribution is 2.22. The monoisotopic (exact) mass is 352 g/mol. The topological polar surface area (TPSA) is 30.2 Å². The Hall–Kier alpha value is -2.39. The maximum Gasteiger partial charge on any atom is 0.185 e. The van der Waals surface area contributed by atoms with Crippen LogP contribution in [0, 0.1) is 0 Å². The molecule has 0 unspecified atom stereocenters. The molecule has 0 radical (unpaired) electrons. The molecule has 0 aliphatic rings. The van der Waals surface area contributed by atoms with Gasteiger partial charge in [-0.2, -0.15) is 0 Å². The van der Waals surface area contributed by atoms with Crippen molar-refractivity contribution in [2.45, 2.75) is 0 Å². The van der Waals surface area contributed by atoms with Crippen LogP contribution in [0.4, 0.5) is 0 Å². The molecule has 0 amide bonds. The van der Waals surface area contributed by atoms with Crippen LogP contribution in [-0.4, -0.2) is 5.78 Å². The number of hydrogen-bond acceptors (Lipinski definition) is 2. The summed E-state index contributed by atoms with van der Waals surface area (Å²) in [5, 5.41) is 0. The summed E-state index contributed by atoms with van der Waals surface area (Å²) in [4.78, 5) is 12.1. The Kier molecular flexibility index (Phi) is 4.35. The summed E-state index contributed by atoms with van der Waals surface area (Å²) in [7, 11) is 0. The third-order valence-corrected chi connectivity index (χ3v) is 3.74. The lowest BCUT2D eigenvalue weighted by atomic mass is 10.1. The Bertz CT molecular complexity index is 799. The summed E-state index contributed by atoms with van der Waals surface area (Å²) in [6.45, 7) is 0.